The Bertz CT molecular complexity index is 830. The van der Waals surface area contributed by atoms with Crippen molar-refractivity contribution >= 4 is 28.2 Å². The van der Waals surface area contributed by atoms with Crippen molar-refractivity contribution in [3.8, 4) is 0 Å². The van der Waals surface area contributed by atoms with Crippen LogP contribution in [0, 0.1) is 5.92 Å². The molecule has 1 aliphatic heterocycles. The van der Waals surface area contributed by atoms with Crippen LogP contribution in [0.1, 0.15) is 35.4 Å². The van der Waals surface area contributed by atoms with E-state index < -0.39 is 9.84 Å². The zero-order chi connectivity index (χ0) is 18.4. The highest BCUT2D eigenvalue weighted by Gasteiger charge is 2.22. The molecule has 1 atom stereocenters. The van der Waals surface area contributed by atoms with Crippen LogP contribution in [0.15, 0.2) is 52.0 Å². The zero-order valence-electron chi connectivity index (χ0n) is 15.0. The van der Waals surface area contributed by atoms with E-state index in [1.165, 1.54) is 12.7 Å². The summed E-state index contributed by atoms with van der Waals surface area (Å²) < 4.78 is 30.3. The maximum Gasteiger partial charge on any atom is 0.287 e. The quantitative estimate of drug-likeness (QED) is 0.730. The van der Waals surface area contributed by atoms with Gasteiger partial charge in [0.05, 0.1) is 16.9 Å². The first-order chi connectivity index (χ1) is 12.6. The standard InChI is InChI=1S/C19H24N2O4S.ClH/c22-19(21-11-8-15-5-4-10-20-13-15)18-16(9-12-25-18)14-26(23,24)17-6-2-1-3-7-17;/h1-3,6-7,9,12,15,20H,4-5,8,10-11,13-14H2,(H,21,22);1H. The van der Waals surface area contributed by atoms with Crippen LogP contribution in [0.3, 0.4) is 0 Å². The molecule has 6 nitrogen and oxygen atoms in total. The smallest absolute Gasteiger partial charge is 0.287 e. The van der Waals surface area contributed by atoms with Crippen LogP contribution in [-0.4, -0.2) is 34.0 Å². The number of halogens is 1. The molecule has 1 aromatic carbocycles. The first-order valence-corrected chi connectivity index (χ1v) is 10.5. The predicted molar refractivity (Wildman–Crippen MR) is 106 cm³/mol. The zero-order valence-corrected chi connectivity index (χ0v) is 16.7. The summed E-state index contributed by atoms with van der Waals surface area (Å²) in [5.74, 6) is 0.0184. The van der Waals surface area contributed by atoms with Crippen LogP contribution in [-0.2, 0) is 15.6 Å². The maximum atomic E-state index is 12.5. The number of carbonyl (C=O) groups excluding carboxylic acids is 1. The van der Waals surface area contributed by atoms with Crippen molar-refractivity contribution in [2.75, 3.05) is 19.6 Å². The molecule has 0 spiro atoms. The molecule has 0 radical (unpaired) electrons. The van der Waals surface area contributed by atoms with Gasteiger partial charge in [-0.1, -0.05) is 18.2 Å². The van der Waals surface area contributed by atoms with E-state index in [0.717, 1.165) is 25.9 Å². The van der Waals surface area contributed by atoms with Gasteiger partial charge in [0.15, 0.2) is 15.6 Å². The monoisotopic (exact) mass is 412 g/mol. The van der Waals surface area contributed by atoms with Gasteiger partial charge in [-0.05, 0) is 56.5 Å². The van der Waals surface area contributed by atoms with Crippen molar-refractivity contribution in [1.82, 2.24) is 10.6 Å². The predicted octanol–water partition coefficient (Wildman–Crippen LogP) is 2.79. The van der Waals surface area contributed by atoms with Crippen molar-refractivity contribution in [2.24, 2.45) is 5.92 Å². The number of piperidine rings is 1. The highest BCUT2D eigenvalue weighted by Crippen LogP contribution is 2.20. The van der Waals surface area contributed by atoms with Crippen LogP contribution in [0.2, 0.25) is 0 Å². The van der Waals surface area contributed by atoms with Crippen molar-refractivity contribution in [3.05, 3.63) is 54.0 Å². The van der Waals surface area contributed by atoms with Gasteiger partial charge < -0.3 is 15.1 Å². The van der Waals surface area contributed by atoms with Crippen LogP contribution >= 0.6 is 12.4 Å². The third-order valence-electron chi connectivity index (χ3n) is 4.64. The summed E-state index contributed by atoms with van der Waals surface area (Å²) in [4.78, 5) is 12.6. The van der Waals surface area contributed by atoms with Gasteiger partial charge in [0.1, 0.15) is 0 Å². The van der Waals surface area contributed by atoms with Crippen molar-refractivity contribution in [1.29, 1.82) is 0 Å². The van der Waals surface area contributed by atoms with Gasteiger partial charge in [0.25, 0.3) is 5.91 Å². The number of furan rings is 1. The first kappa shape index (κ1) is 21.5. The summed E-state index contributed by atoms with van der Waals surface area (Å²) in [6, 6.07) is 9.75. The number of amides is 1. The molecule has 2 heterocycles. The fourth-order valence-corrected chi connectivity index (χ4v) is 4.58. The summed E-state index contributed by atoms with van der Waals surface area (Å²) in [5, 5.41) is 6.20. The van der Waals surface area contributed by atoms with E-state index >= 15 is 0 Å². The molecule has 2 N–H and O–H groups in total. The number of nitrogens with one attached hydrogen (secondary N) is 2. The van der Waals surface area contributed by atoms with E-state index in [1.54, 1.807) is 36.4 Å². The third kappa shape index (κ3) is 5.82. The second-order valence-corrected chi connectivity index (χ2v) is 8.59. The van der Waals surface area contributed by atoms with Crippen LogP contribution < -0.4 is 10.6 Å². The molecule has 0 bridgehead atoms. The van der Waals surface area contributed by atoms with Gasteiger partial charge in [-0.25, -0.2) is 8.42 Å². The minimum atomic E-state index is -3.53. The Morgan fingerprint density at radius 2 is 2.00 bits per heavy atom. The fraction of sp³-hybridized carbons (Fsp3) is 0.421. The summed E-state index contributed by atoms with van der Waals surface area (Å²) in [7, 11) is -3.53. The molecule has 8 heteroatoms. The van der Waals surface area contributed by atoms with E-state index in [9.17, 15) is 13.2 Å². The largest absolute Gasteiger partial charge is 0.459 e. The second-order valence-electron chi connectivity index (χ2n) is 6.60. The van der Waals surface area contributed by atoms with Crippen molar-refractivity contribution < 1.29 is 17.6 Å². The van der Waals surface area contributed by atoms with Crippen LogP contribution in [0.4, 0.5) is 0 Å². The average Bonchev–Trinajstić information content (AvgIpc) is 3.11. The Hall–Kier alpha value is -1.83. The summed E-state index contributed by atoms with van der Waals surface area (Å²) in [6.07, 6.45) is 4.59. The number of hydrogen-bond acceptors (Lipinski definition) is 5. The highest BCUT2D eigenvalue weighted by atomic mass is 35.5. The number of hydrogen-bond donors (Lipinski definition) is 2. The lowest BCUT2D eigenvalue weighted by Crippen LogP contribution is -2.33. The molecule has 148 valence electrons. The molecule has 1 aliphatic rings. The Morgan fingerprint density at radius 3 is 2.70 bits per heavy atom. The Labute approximate surface area is 166 Å². The van der Waals surface area contributed by atoms with Gasteiger partial charge in [0.2, 0.25) is 0 Å². The average molecular weight is 413 g/mol. The molecule has 1 aromatic heterocycles. The lowest BCUT2D eigenvalue weighted by Gasteiger charge is -2.22. The van der Waals surface area contributed by atoms with E-state index in [-0.39, 0.29) is 34.7 Å². The van der Waals surface area contributed by atoms with Gasteiger partial charge in [-0.2, -0.15) is 0 Å². The Kier molecular flexibility index (Phi) is 7.89. The molecular weight excluding hydrogens is 388 g/mol. The summed E-state index contributed by atoms with van der Waals surface area (Å²) >= 11 is 0. The molecule has 1 fully saturated rings. The van der Waals surface area contributed by atoms with Crippen LogP contribution in [0.5, 0.6) is 0 Å². The van der Waals surface area contributed by atoms with E-state index in [0.29, 0.717) is 18.0 Å². The van der Waals surface area contributed by atoms with Crippen molar-refractivity contribution in [3.63, 3.8) is 0 Å². The molecule has 0 aliphatic carbocycles. The Morgan fingerprint density at radius 1 is 1.22 bits per heavy atom. The van der Waals surface area contributed by atoms with Gasteiger partial charge in [-0.3, -0.25) is 4.79 Å². The SMILES string of the molecule is Cl.O=C(NCCC1CCCNC1)c1occc1CS(=O)(=O)c1ccccc1. The lowest BCUT2D eigenvalue weighted by atomic mass is 9.96. The minimum absolute atomic E-state index is 0. The molecule has 3 rings (SSSR count). The summed E-state index contributed by atoms with van der Waals surface area (Å²) in [5.41, 5.74) is 0.380. The number of sulfone groups is 1. The van der Waals surface area contributed by atoms with Crippen LogP contribution in [0.25, 0.3) is 0 Å². The highest BCUT2D eigenvalue weighted by molar-refractivity contribution is 7.90. The topological polar surface area (TPSA) is 88.4 Å². The number of rotatable bonds is 7. The van der Waals surface area contributed by atoms with Gasteiger partial charge in [0, 0.05) is 12.1 Å². The third-order valence-corrected chi connectivity index (χ3v) is 6.32. The molecular formula is C19H25ClN2O4S. The van der Waals surface area contributed by atoms with Crippen molar-refractivity contribution in [2.45, 2.75) is 29.9 Å². The molecule has 0 saturated carbocycles. The minimum Gasteiger partial charge on any atom is -0.459 e. The second kappa shape index (κ2) is 9.92. The molecule has 1 saturated heterocycles. The van der Waals surface area contributed by atoms with E-state index in [4.69, 9.17) is 4.42 Å². The molecule has 2 aromatic rings. The summed E-state index contributed by atoms with van der Waals surface area (Å²) in [6.45, 7) is 2.60. The Balaban J connectivity index is 0.00000261. The van der Waals surface area contributed by atoms with E-state index in [2.05, 4.69) is 10.6 Å². The number of benzene rings is 1. The van der Waals surface area contributed by atoms with Gasteiger partial charge >= 0.3 is 0 Å². The molecule has 27 heavy (non-hydrogen) atoms. The molecule has 1 amide bonds. The maximum absolute atomic E-state index is 12.5. The normalized spacial score (nSPS) is 17.1. The first-order valence-electron chi connectivity index (χ1n) is 8.89. The molecule has 1 unspecified atom stereocenters. The lowest BCUT2D eigenvalue weighted by molar-refractivity contribution is 0.0922. The van der Waals surface area contributed by atoms with E-state index in [1.807, 2.05) is 0 Å². The fourth-order valence-electron chi connectivity index (χ4n) is 3.20. The number of carbonyl (C=O) groups is 1. The van der Waals surface area contributed by atoms with Gasteiger partial charge in [-0.15, -0.1) is 12.4 Å².